The van der Waals surface area contributed by atoms with Crippen molar-refractivity contribution >= 4 is 23.7 Å². The molecule has 1 aliphatic carbocycles. The van der Waals surface area contributed by atoms with Crippen molar-refractivity contribution in [3.63, 3.8) is 0 Å². The number of hydrogen-bond acceptors (Lipinski definition) is 4. The Balaban J connectivity index is 1.40. The number of nitrogens with zero attached hydrogens (tertiary/aromatic N) is 2. The fraction of sp³-hybridized carbons (Fsp3) is 0.350. The lowest BCUT2D eigenvalue weighted by atomic mass is 10.00. The van der Waals surface area contributed by atoms with Crippen LogP contribution in [0.1, 0.15) is 24.0 Å². The van der Waals surface area contributed by atoms with Gasteiger partial charge in [-0.1, -0.05) is 12.7 Å². The van der Waals surface area contributed by atoms with Gasteiger partial charge in [-0.15, -0.1) is 0 Å². The van der Waals surface area contributed by atoms with Gasteiger partial charge in [-0.25, -0.2) is 4.98 Å². The van der Waals surface area contributed by atoms with Crippen molar-refractivity contribution in [3.05, 3.63) is 53.4 Å². The Morgan fingerprint density at radius 3 is 2.96 bits per heavy atom. The number of carbonyl (C=O) groups excluding carboxylic acids is 2. The molecule has 1 fully saturated rings. The van der Waals surface area contributed by atoms with Crippen molar-refractivity contribution in [2.24, 2.45) is 17.6 Å². The molecule has 3 N–H and O–H groups in total. The number of aromatic nitrogens is 1. The number of primary amides is 1. The minimum Gasteiger partial charge on any atom is -0.366 e. The summed E-state index contributed by atoms with van der Waals surface area (Å²) in [6.07, 6.45) is 9.62. The van der Waals surface area contributed by atoms with Crippen LogP contribution in [-0.2, 0) is 16.0 Å². The van der Waals surface area contributed by atoms with E-state index in [1.807, 2.05) is 17.1 Å². The summed E-state index contributed by atoms with van der Waals surface area (Å²) in [5.74, 6) is 1.08. The molecule has 2 aliphatic heterocycles. The summed E-state index contributed by atoms with van der Waals surface area (Å²) in [5.41, 5.74) is 9.10. The lowest BCUT2D eigenvalue weighted by Crippen LogP contribution is -2.28. The molecule has 3 aliphatic rings. The number of nitrogens with two attached hydrogens (primary N) is 1. The molecule has 1 aromatic rings. The quantitative estimate of drug-likeness (QED) is 0.815. The molecule has 0 aromatic carbocycles. The Kier molecular flexibility index (Phi) is 4.11. The zero-order valence-electron chi connectivity index (χ0n) is 14.6. The van der Waals surface area contributed by atoms with Gasteiger partial charge in [-0.2, -0.15) is 0 Å². The summed E-state index contributed by atoms with van der Waals surface area (Å²) in [7, 11) is 0. The first-order chi connectivity index (χ1) is 12.5. The zero-order valence-corrected chi connectivity index (χ0v) is 14.6. The molecule has 134 valence electrons. The lowest BCUT2D eigenvalue weighted by molar-refractivity contribution is -0.125. The number of rotatable bonds is 3. The molecule has 0 bridgehead atoms. The van der Waals surface area contributed by atoms with Gasteiger partial charge in [0.15, 0.2) is 0 Å². The molecule has 0 spiro atoms. The average molecular weight is 350 g/mol. The highest BCUT2D eigenvalue weighted by Gasteiger charge is 2.38. The third kappa shape index (κ3) is 3.14. The van der Waals surface area contributed by atoms with Crippen LogP contribution in [-0.4, -0.2) is 34.8 Å². The first-order valence-electron chi connectivity index (χ1n) is 8.91. The fourth-order valence-corrected chi connectivity index (χ4v) is 3.98. The number of amides is 2. The molecule has 2 atom stereocenters. The van der Waals surface area contributed by atoms with Gasteiger partial charge < -0.3 is 16.0 Å². The predicted molar refractivity (Wildman–Crippen MR) is 99.8 cm³/mol. The minimum absolute atomic E-state index is 0.00218. The SMILES string of the molecule is C=C1CCc2cc(/C=C/C(=O)N3CC4C=C(C(N)=O)CC4C3)cnc2N1. The van der Waals surface area contributed by atoms with E-state index >= 15 is 0 Å². The number of likely N-dealkylation sites (tertiary alicyclic amines) is 1. The maximum absolute atomic E-state index is 12.5. The van der Waals surface area contributed by atoms with E-state index in [4.69, 9.17) is 5.73 Å². The number of allylic oxidation sites excluding steroid dienone is 1. The highest BCUT2D eigenvalue weighted by atomic mass is 16.2. The topological polar surface area (TPSA) is 88.3 Å². The molecule has 4 rings (SSSR count). The van der Waals surface area contributed by atoms with Crippen LogP contribution >= 0.6 is 0 Å². The molecular formula is C20H22N4O2. The van der Waals surface area contributed by atoms with Crippen LogP contribution in [0, 0.1) is 11.8 Å². The molecule has 6 heteroatoms. The molecule has 3 heterocycles. The van der Waals surface area contributed by atoms with Crippen molar-refractivity contribution in [1.82, 2.24) is 9.88 Å². The Morgan fingerprint density at radius 2 is 2.19 bits per heavy atom. The summed E-state index contributed by atoms with van der Waals surface area (Å²) in [5, 5.41) is 3.19. The van der Waals surface area contributed by atoms with Crippen LogP contribution < -0.4 is 11.1 Å². The van der Waals surface area contributed by atoms with E-state index in [-0.39, 0.29) is 17.7 Å². The van der Waals surface area contributed by atoms with Gasteiger partial charge in [-0.05, 0) is 48.4 Å². The lowest BCUT2D eigenvalue weighted by Gasteiger charge is -2.19. The Labute approximate surface area is 152 Å². The maximum Gasteiger partial charge on any atom is 0.246 e. The maximum atomic E-state index is 12.5. The van der Waals surface area contributed by atoms with Gasteiger partial charge >= 0.3 is 0 Å². The van der Waals surface area contributed by atoms with Crippen molar-refractivity contribution in [3.8, 4) is 0 Å². The molecule has 1 aromatic heterocycles. The number of fused-ring (bicyclic) bond motifs is 2. The molecule has 26 heavy (non-hydrogen) atoms. The molecule has 1 saturated heterocycles. The Bertz CT molecular complexity index is 855. The smallest absolute Gasteiger partial charge is 0.246 e. The number of pyridine rings is 1. The molecule has 6 nitrogen and oxygen atoms in total. The third-order valence-electron chi connectivity index (χ3n) is 5.41. The van der Waals surface area contributed by atoms with Crippen LogP contribution in [0.2, 0.25) is 0 Å². The second-order valence-electron chi connectivity index (χ2n) is 7.27. The summed E-state index contributed by atoms with van der Waals surface area (Å²) in [6, 6.07) is 2.06. The molecular weight excluding hydrogens is 328 g/mol. The second-order valence-corrected chi connectivity index (χ2v) is 7.27. The Hall–Kier alpha value is -2.89. The number of hydrogen-bond donors (Lipinski definition) is 2. The predicted octanol–water partition coefficient (Wildman–Crippen LogP) is 1.86. The van der Waals surface area contributed by atoms with Crippen LogP contribution in [0.4, 0.5) is 5.82 Å². The zero-order chi connectivity index (χ0) is 18.3. The number of nitrogens with one attached hydrogen (secondary N) is 1. The van der Waals surface area contributed by atoms with E-state index in [2.05, 4.69) is 22.9 Å². The van der Waals surface area contributed by atoms with E-state index in [9.17, 15) is 9.59 Å². The van der Waals surface area contributed by atoms with E-state index in [0.717, 1.165) is 35.5 Å². The second kappa shape index (κ2) is 6.44. The van der Waals surface area contributed by atoms with Crippen LogP contribution in [0.5, 0.6) is 0 Å². The molecule has 2 amide bonds. The van der Waals surface area contributed by atoms with Crippen molar-refractivity contribution in [1.29, 1.82) is 0 Å². The third-order valence-corrected chi connectivity index (χ3v) is 5.41. The highest BCUT2D eigenvalue weighted by molar-refractivity contribution is 5.93. The number of carbonyl (C=O) groups is 2. The van der Waals surface area contributed by atoms with Gasteiger partial charge in [0.25, 0.3) is 0 Å². The number of aryl methyl sites for hydroxylation is 1. The van der Waals surface area contributed by atoms with Crippen LogP contribution in [0.15, 0.2) is 42.3 Å². The van der Waals surface area contributed by atoms with Gasteiger partial charge in [0, 0.05) is 42.6 Å². The molecule has 0 radical (unpaired) electrons. The summed E-state index contributed by atoms with van der Waals surface area (Å²) < 4.78 is 0. The fourth-order valence-electron chi connectivity index (χ4n) is 3.98. The highest BCUT2D eigenvalue weighted by Crippen LogP contribution is 2.36. The summed E-state index contributed by atoms with van der Waals surface area (Å²) >= 11 is 0. The largest absolute Gasteiger partial charge is 0.366 e. The van der Waals surface area contributed by atoms with Gasteiger partial charge in [0.05, 0.1) is 0 Å². The van der Waals surface area contributed by atoms with E-state index in [1.54, 1.807) is 12.3 Å². The standard InChI is InChI=1S/C20H22N4O2/c1-12-2-4-14-6-13(9-22-20(14)23-12)3-5-18(25)24-10-16-7-15(19(21)26)8-17(16)11-24/h3,5-7,9,16-17H,1-2,4,8,10-11H2,(H2,21,26)(H,22,23)/b5-3+. The average Bonchev–Trinajstić information content (AvgIpc) is 3.18. The van der Waals surface area contributed by atoms with Crippen molar-refractivity contribution < 1.29 is 9.59 Å². The van der Waals surface area contributed by atoms with Gasteiger partial charge in [0.1, 0.15) is 5.82 Å². The van der Waals surface area contributed by atoms with Gasteiger partial charge in [-0.3, -0.25) is 9.59 Å². The summed E-state index contributed by atoms with van der Waals surface area (Å²) in [6.45, 7) is 5.26. The Morgan fingerprint density at radius 1 is 1.35 bits per heavy atom. The molecule has 2 unspecified atom stereocenters. The van der Waals surface area contributed by atoms with Crippen molar-refractivity contribution in [2.75, 3.05) is 18.4 Å². The monoisotopic (exact) mass is 350 g/mol. The van der Waals surface area contributed by atoms with Crippen LogP contribution in [0.25, 0.3) is 6.08 Å². The first kappa shape index (κ1) is 16.6. The number of anilines is 1. The van der Waals surface area contributed by atoms with Gasteiger partial charge in [0.2, 0.25) is 11.8 Å². The first-order valence-corrected chi connectivity index (χ1v) is 8.91. The normalized spacial score (nSPS) is 24.2. The minimum atomic E-state index is -0.338. The van der Waals surface area contributed by atoms with Crippen molar-refractivity contribution in [2.45, 2.75) is 19.3 Å². The van der Waals surface area contributed by atoms with E-state index in [1.165, 1.54) is 0 Å². The summed E-state index contributed by atoms with van der Waals surface area (Å²) in [4.78, 5) is 30.0. The van der Waals surface area contributed by atoms with E-state index in [0.29, 0.717) is 31.0 Å². The molecule has 0 saturated carbocycles. The van der Waals surface area contributed by atoms with Crippen LogP contribution in [0.3, 0.4) is 0 Å². The van der Waals surface area contributed by atoms with E-state index < -0.39 is 0 Å².